The lowest BCUT2D eigenvalue weighted by atomic mass is 10.1. The molecule has 7 heteroatoms. The SMILES string of the molecule is CCCCOc1c(Cl)cc(C(=O)NCC2CN(C)CCN2C)cc1OCC. The Morgan fingerprint density at radius 3 is 2.74 bits per heavy atom. The summed E-state index contributed by atoms with van der Waals surface area (Å²) in [5, 5.41) is 3.43. The maximum Gasteiger partial charge on any atom is 0.251 e. The Bertz CT molecular complexity index is 627. The molecule has 1 aromatic carbocycles. The molecule has 0 saturated carbocycles. The van der Waals surface area contributed by atoms with Gasteiger partial charge in [-0.05, 0) is 39.6 Å². The van der Waals surface area contributed by atoms with Crippen LogP contribution in [-0.2, 0) is 0 Å². The number of hydrogen-bond donors (Lipinski definition) is 1. The maximum absolute atomic E-state index is 12.7. The van der Waals surface area contributed by atoms with Crippen LogP contribution in [0.5, 0.6) is 11.5 Å². The van der Waals surface area contributed by atoms with Gasteiger partial charge in [0.2, 0.25) is 0 Å². The predicted molar refractivity (Wildman–Crippen MR) is 109 cm³/mol. The molecule has 1 amide bonds. The van der Waals surface area contributed by atoms with Crippen LogP contribution in [0.4, 0.5) is 0 Å². The zero-order valence-corrected chi connectivity index (χ0v) is 17.6. The Morgan fingerprint density at radius 1 is 1.26 bits per heavy atom. The summed E-state index contributed by atoms with van der Waals surface area (Å²) < 4.78 is 11.4. The number of hydrogen-bond acceptors (Lipinski definition) is 5. The van der Waals surface area contributed by atoms with Gasteiger partial charge < -0.3 is 19.7 Å². The lowest BCUT2D eigenvalue weighted by Crippen LogP contribution is -2.54. The largest absolute Gasteiger partial charge is 0.490 e. The summed E-state index contributed by atoms with van der Waals surface area (Å²) in [6.07, 6.45) is 1.97. The Hall–Kier alpha value is -1.50. The summed E-state index contributed by atoms with van der Waals surface area (Å²) in [4.78, 5) is 17.2. The smallest absolute Gasteiger partial charge is 0.251 e. The molecule has 1 atom stereocenters. The van der Waals surface area contributed by atoms with Gasteiger partial charge in [0.15, 0.2) is 11.5 Å². The number of likely N-dealkylation sites (N-methyl/N-ethyl adjacent to an activating group) is 2. The third-order valence-corrected chi connectivity index (χ3v) is 5.08. The van der Waals surface area contributed by atoms with E-state index in [1.807, 2.05) is 6.92 Å². The summed E-state index contributed by atoms with van der Waals surface area (Å²) in [6, 6.07) is 3.66. The van der Waals surface area contributed by atoms with E-state index in [9.17, 15) is 4.79 Å². The van der Waals surface area contributed by atoms with Crippen molar-refractivity contribution < 1.29 is 14.3 Å². The van der Waals surface area contributed by atoms with Crippen LogP contribution in [0.3, 0.4) is 0 Å². The van der Waals surface area contributed by atoms with Gasteiger partial charge in [0, 0.05) is 37.8 Å². The average molecular weight is 398 g/mol. The van der Waals surface area contributed by atoms with Gasteiger partial charge in [0.25, 0.3) is 5.91 Å². The van der Waals surface area contributed by atoms with Crippen molar-refractivity contribution in [3.05, 3.63) is 22.7 Å². The second-order valence-electron chi connectivity index (χ2n) is 7.03. The van der Waals surface area contributed by atoms with E-state index < -0.39 is 0 Å². The van der Waals surface area contributed by atoms with Crippen LogP contribution in [0.2, 0.25) is 5.02 Å². The van der Waals surface area contributed by atoms with Gasteiger partial charge in [0.1, 0.15) is 0 Å². The number of unbranched alkanes of at least 4 members (excludes halogenated alkanes) is 1. The average Bonchev–Trinajstić information content (AvgIpc) is 2.64. The Balaban J connectivity index is 2.06. The highest BCUT2D eigenvalue weighted by Gasteiger charge is 2.23. The van der Waals surface area contributed by atoms with Gasteiger partial charge in [-0.2, -0.15) is 0 Å². The summed E-state index contributed by atoms with van der Waals surface area (Å²) in [5.41, 5.74) is 0.484. The molecule has 1 unspecified atom stereocenters. The Labute approximate surface area is 167 Å². The van der Waals surface area contributed by atoms with E-state index in [0.29, 0.717) is 47.9 Å². The minimum atomic E-state index is -0.153. The first-order valence-electron chi connectivity index (χ1n) is 9.72. The first-order valence-corrected chi connectivity index (χ1v) is 10.1. The van der Waals surface area contributed by atoms with Crippen LogP contribution >= 0.6 is 11.6 Å². The van der Waals surface area contributed by atoms with Crippen LogP contribution < -0.4 is 14.8 Å². The zero-order chi connectivity index (χ0) is 19.8. The van der Waals surface area contributed by atoms with Gasteiger partial charge >= 0.3 is 0 Å². The Kier molecular flexibility index (Phi) is 8.67. The molecule has 1 aliphatic heterocycles. The molecule has 0 aliphatic carbocycles. The quantitative estimate of drug-likeness (QED) is 0.649. The first kappa shape index (κ1) is 21.8. The lowest BCUT2D eigenvalue weighted by molar-refractivity contribution is 0.0880. The third-order valence-electron chi connectivity index (χ3n) is 4.79. The molecule has 6 nitrogen and oxygen atoms in total. The van der Waals surface area contributed by atoms with E-state index in [-0.39, 0.29) is 5.91 Å². The minimum absolute atomic E-state index is 0.153. The van der Waals surface area contributed by atoms with Crippen LogP contribution in [0.25, 0.3) is 0 Å². The molecule has 2 rings (SSSR count). The summed E-state index contributed by atoms with van der Waals surface area (Å²) >= 11 is 6.38. The van der Waals surface area contributed by atoms with Crippen molar-refractivity contribution in [3.8, 4) is 11.5 Å². The van der Waals surface area contributed by atoms with Crippen molar-refractivity contribution in [2.24, 2.45) is 0 Å². The fourth-order valence-electron chi connectivity index (χ4n) is 3.06. The van der Waals surface area contributed by atoms with Crippen molar-refractivity contribution in [1.82, 2.24) is 15.1 Å². The normalized spacial score (nSPS) is 18.3. The fraction of sp³-hybridized carbons (Fsp3) is 0.650. The highest BCUT2D eigenvalue weighted by Crippen LogP contribution is 2.36. The molecule has 0 aromatic heterocycles. The van der Waals surface area contributed by atoms with Crippen molar-refractivity contribution >= 4 is 17.5 Å². The fourth-order valence-corrected chi connectivity index (χ4v) is 3.32. The number of nitrogens with zero attached hydrogens (tertiary/aromatic N) is 2. The number of carbonyl (C=O) groups excluding carboxylic acids is 1. The molecule has 0 radical (unpaired) electrons. The molecule has 0 bridgehead atoms. The van der Waals surface area contributed by atoms with Crippen molar-refractivity contribution in [2.75, 3.05) is 53.5 Å². The molecule has 1 heterocycles. The summed E-state index contributed by atoms with van der Waals surface area (Å²) in [5.74, 6) is 0.873. The number of piperazine rings is 1. The number of carbonyl (C=O) groups is 1. The number of ether oxygens (including phenoxy) is 2. The summed E-state index contributed by atoms with van der Waals surface area (Å²) in [6.45, 7) is 8.63. The minimum Gasteiger partial charge on any atom is -0.490 e. The number of rotatable bonds is 9. The van der Waals surface area contributed by atoms with E-state index >= 15 is 0 Å². The third kappa shape index (κ3) is 6.26. The van der Waals surface area contributed by atoms with Crippen LogP contribution in [0, 0.1) is 0 Å². The molecule has 1 N–H and O–H groups in total. The molecule has 0 spiro atoms. The van der Waals surface area contributed by atoms with E-state index in [1.54, 1.807) is 12.1 Å². The first-order chi connectivity index (χ1) is 13.0. The highest BCUT2D eigenvalue weighted by molar-refractivity contribution is 6.32. The number of benzene rings is 1. The van der Waals surface area contributed by atoms with E-state index in [4.69, 9.17) is 21.1 Å². The molecule has 1 saturated heterocycles. The van der Waals surface area contributed by atoms with E-state index in [0.717, 1.165) is 32.5 Å². The van der Waals surface area contributed by atoms with Crippen molar-refractivity contribution in [2.45, 2.75) is 32.7 Å². The molecule has 1 fully saturated rings. The van der Waals surface area contributed by atoms with Gasteiger partial charge in [-0.3, -0.25) is 9.69 Å². The molecular formula is C20H32ClN3O3. The number of nitrogens with one attached hydrogen (secondary N) is 1. The van der Waals surface area contributed by atoms with Crippen LogP contribution in [0.15, 0.2) is 12.1 Å². The van der Waals surface area contributed by atoms with Crippen molar-refractivity contribution in [3.63, 3.8) is 0 Å². The van der Waals surface area contributed by atoms with Gasteiger partial charge in [-0.15, -0.1) is 0 Å². The lowest BCUT2D eigenvalue weighted by Gasteiger charge is -2.37. The molecule has 27 heavy (non-hydrogen) atoms. The highest BCUT2D eigenvalue weighted by atomic mass is 35.5. The molecule has 1 aromatic rings. The number of amides is 1. The van der Waals surface area contributed by atoms with Gasteiger partial charge in [0.05, 0.1) is 18.2 Å². The zero-order valence-electron chi connectivity index (χ0n) is 16.9. The van der Waals surface area contributed by atoms with E-state index in [1.165, 1.54) is 0 Å². The molecular weight excluding hydrogens is 366 g/mol. The van der Waals surface area contributed by atoms with E-state index in [2.05, 4.69) is 36.1 Å². The maximum atomic E-state index is 12.7. The standard InChI is InChI=1S/C20H32ClN3O3/c1-5-7-10-27-19-17(21)11-15(12-18(19)26-6-2)20(25)22-13-16-14-23(3)8-9-24(16)4/h11-12,16H,5-10,13-14H2,1-4H3,(H,22,25). The van der Waals surface area contributed by atoms with Crippen molar-refractivity contribution in [1.29, 1.82) is 0 Å². The van der Waals surface area contributed by atoms with Crippen LogP contribution in [0.1, 0.15) is 37.0 Å². The second kappa shape index (κ2) is 10.7. The Morgan fingerprint density at radius 2 is 2.04 bits per heavy atom. The monoisotopic (exact) mass is 397 g/mol. The summed E-state index contributed by atoms with van der Waals surface area (Å²) in [7, 11) is 4.20. The van der Waals surface area contributed by atoms with Gasteiger partial charge in [-0.25, -0.2) is 0 Å². The van der Waals surface area contributed by atoms with Gasteiger partial charge in [-0.1, -0.05) is 24.9 Å². The molecule has 1 aliphatic rings. The predicted octanol–water partition coefficient (Wildman–Crippen LogP) is 2.89. The van der Waals surface area contributed by atoms with Crippen LogP contribution in [-0.4, -0.2) is 75.2 Å². The molecule has 152 valence electrons. The number of halogens is 1. The second-order valence-corrected chi connectivity index (χ2v) is 7.43. The topological polar surface area (TPSA) is 54.0 Å².